The summed E-state index contributed by atoms with van der Waals surface area (Å²) in [4.78, 5) is 24.2. The highest BCUT2D eigenvalue weighted by Crippen LogP contribution is 2.15. The molecule has 0 aliphatic carbocycles. The highest BCUT2D eigenvalue weighted by atomic mass is 79.9. The fraction of sp³-hybridized carbons (Fsp3) is 0.455. The molecule has 1 unspecified atom stereocenters. The van der Waals surface area contributed by atoms with E-state index >= 15 is 0 Å². The number of nitrogens with zero attached hydrogens (tertiary/aromatic N) is 1. The number of imide groups is 1. The van der Waals surface area contributed by atoms with E-state index in [1.165, 1.54) is 11.9 Å². The lowest BCUT2D eigenvalue weighted by atomic mass is 10.0. The van der Waals surface area contributed by atoms with Crippen LogP contribution in [0.25, 0.3) is 0 Å². The van der Waals surface area contributed by atoms with Crippen LogP contribution in [0, 0.1) is 0 Å². The van der Waals surface area contributed by atoms with Crippen molar-refractivity contribution >= 4 is 27.7 Å². The van der Waals surface area contributed by atoms with Gasteiger partial charge in [-0.05, 0) is 34.5 Å². The first-order valence-electron chi connectivity index (χ1n) is 5.36. The predicted octanol–water partition coefficient (Wildman–Crippen LogP) is 1.28. The molecule has 0 saturated carbocycles. The van der Waals surface area contributed by atoms with E-state index in [1.807, 2.05) is 6.07 Å². The van der Waals surface area contributed by atoms with E-state index < -0.39 is 0 Å². The van der Waals surface area contributed by atoms with Crippen LogP contribution in [0.2, 0.25) is 0 Å². The highest BCUT2D eigenvalue weighted by Gasteiger charge is 2.31. The van der Waals surface area contributed by atoms with Gasteiger partial charge in [0.1, 0.15) is 5.76 Å². The Hall–Kier alpha value is -1.14. The Kier molecular flexibility index (Phi) is 3.63. The molecule has 0 bridgehead atoms. The average Bonchev–Trinajstić information content (AvgIpc) is 2.71. The Morgan fingerprint density at radius 1 is 1.53 bits per heavy atom. The number of carbonyl (C=O) groups is 2. The minimum atomic E-state index is -0.304. The number of likely N-dealkylation sites (N-methyl/N-ethyl adjacent to an activating group) is 1. The lowest BCUT2D eigenvalue weighted by Crippen LogP contribution is -2.51. The standard InChI is InChI=1S/C11H13BrN2O3/c1-14-10(15)5-3-8(11(14)16)13-6-7-2-4-9(12)17-7/h2,4,8,13H,3,5-6H2,1H3. The average molecular weight is 301 g/mol. The number of likely N-dealkylation sites (tertiary alicyclic amines) is 1. The van der Waals surface area contributed by atoms with Gasteiger partial charge in [0.25, 0.3) is 0 Å². The van der Waals surface area contributed by atoms with Gasteiger partial charge in [0.05, 0.1) is 12.6 Å². The molecule has 1 N–H and O–H groups in total. The summed E-state index contributed by atoms with van der Waals surface area (Å²) in [6.07, 6.45) is 0.950. The van der Waals surface area contributed by atoms with Crippen molar-refractivity contribution in [1.82, 2.24) is 10.2 Å². The van der Waals surface area contributed by atoms with Crippen LogP contribution in [0.3, 0.4) is 0 Å². The molecule has 1 aliphatic heterocycles. The number of rotatable bonds is 3. The molecule has 2 amide bonds. The second-order valence-electron chi connectivity index (χ2n) is 3.97. The van der Waals surface area contributed by atoms with E-state index in [-0.39, 0.29) is 17.9 Å². The van der Waals surface area contributed by atoms with E-state index in [4.69, 9.17) is 4.42 Å². The van der Waals surface area contributed by atoms with Crippen LogP contribution in [-0.2, 0) is 16.1 Å². The van der Waals surface area contributed by atoms with Crippen LogP contribution in [0.15, 0.2) is 21.2 Å². The van der Waals surface area contributed by atoms with Crippen molar-refractivity contribution in [3.05, 3.63) is 22.6 Å². The number of hydrogen-bond acceptors (Lipinski definition) is 4. The SMILES string of the molecule is CN1C(=O)CCC(NCc2ccc(Br)o2)C1=O. The van der Waals surface area contributed by atoms with Gasteiger partial charge in [-0.1, -0.05) is 0 Å². The number of furan rings is 1. The smallest absolute Gasteiger partial charge is 0.246 e. The summed E-state index contributed by atoms with van der Waals surface area (Å²) in [5.41, 5.74) is 0. The van der Waals surface area contributed by atoms with Gasteiger partial charge in [0.15, 0.2) is 4.67 Å². The molecule has 1 atom stereocenters. The van der Waals surface area contributed by atoms with E-state index in [1.54, 1.807) is 6.07 Å². The Morgan fingerprint density at radius 2 is 2.29 bits per heavy atom. The Labute approximate surface area is 107 Å². The number of amides is 2. The number of hydrogen-bond donors (Lipinski definition) is 1. The molecule has 6 heteroatoms. The largest absolute Gasteiger partial charge is 0.453 e. The fourth-order valence-electron chi connectivity index (χ4n) is 1.78. The minimum absolute atomic E-state index is 0.117. The monoisotopic (exact) mass is 300 g/mol. The first-order chi connectivity index (χ1) is 8.08. The third kappa shape index (κ3) is 2.76. The maximum atomic E-state index is 11.8. The molecule has 1 aromatic rings. The molecular weight excluding hydrogens is 288 g/mol. The lowest BCUT2D eigenvalue weighted by Gasteiger charge is -2.28. The van der Waals surface area contributed by atoms with Gasteiger partial charge in [-0.15, -0.1) is 0 Å². The molecule has 92 valence electrons. The molecule has 2 heterocycles. The third-order valence-corrected chi connectivity index (χ3v) is 3.23. The Morgan fingerprint density at radius 3 is 2.94 bits per heavy atom. The quantitative estimate of drug-likeness (QED) is 0.854. The van der Waals surface area contributed by atoms with E-state index in [0.717, 1.165) is 5.76 Å². The van der Waals surface area contributed by atoms with Crippen LogP contribution in [0.4, 0.5) is 0 Å². The molecule has 5 nitrogen and oxygen atoms in total. The van der Waals surface area contributed by atoms with Gasteiger partial charge < -0.3 is 4.42 Å². The molecule has 2 rings (SSSR count). The van der Waals surface area contributed by atoms with Crippen molar-refractivity contribution in [2.75, 3.05) is 7.05 Å². The summed E-state index contributed by atoms with van der Waals surface area (Å²) in [6.45, 7) is 0.476. The maximum absolute atomic E-state index is 11.8. The van der Waals surface area contributed by atoms with Crippen molar-refractivity contribution in [3.63, 3.8) is 0 Å². The van der Waals surface area contributed by atoms with E-state index in [2.05, 4.69) is 21.2 Å². The maximum Gasteiger partial charge on any atom is 0.246 e. The molecule has 1 aromatic heterocycles. The van der Waals surface area contributed by atoms with Gasteiger partial charge in [0.2, 0.25) is 11.8 Å². The van der Waals surface area contributed by atoms with Crippen LogP contribution in [-0.4, -0.2) is 29.8 Å². The fourth-order valence-corrected chi connectivity index (χ4v) is 2.12. The number of piperidine rings is 1. The molecule has 17 heavy (non-hydrogen) atoms. The van der Waals surface area contributed by atoms with Gasteiger partial charge in [-0.3, -0.25) is 19.8 Å². The molecule has 1 saturated heterocycles. The summed E-state index contributed by atoms with van der Waals surface area (Å²) in [7, 11) is 1.52. The van der Waals surface area contributed by atoms with Gasteiger partial charge in [0, 0.05) is 13.5 Å². The molecule has 1 aliphatic rings. The Balaban J connectivity index is 1.91. The topological polar surface area (TPSA) is 62.6 Å². The number of nitrogens with one attached hydrogen (secondary N) is 1. The summed E-state index contributed by atoms with van der Waals surface area (Å²) in [5.74, 6) is 0.463. The summed E-state index contributed by atoms with van der Waals surface area (Å²) < 4.78 is 5.98. The zero-order valence-corrected chi connectivity index (χ0v) is 11.0. The van der Waals surface area contributed by atoms with Gasteiger partial charge in [-0.2, -0.15) is 0 Å². The summed E-state index contributed by atoms with van der Waals surface area (Å²) in [5, 5.41) is 3.09. The summed E-state index contributed by atoms with van der Waals surface area (Å²) >= 11 is 3.21. The van der Waals surface area contributed by atoms with Gasteiger partial charge in [-0.25, -0.2) is 0 Å². The van der Waals surface area contributed by atoms with E-state index in [9.17, 15) is 9.59 Å². The molecule has 0 aromatic carbocycles. The second kappa shape index (κ2) is 5.01. The molecule has 0 radical (unpaired) electrons. The molecule has 0 spiro atoms. The van der Waals surface area contributed by atoms with Crippen molar-refractivity contribution in [2.45, 2.75) is 25.4 Å². The molecule has 1 fully saturated rings. The number of halogens is 1. The minimum Gasteiger partial charge on any atom is -0.453 e. The first kappa shape index (κ1) is 12.3. The molecular formula is C11H13BrN2O3. The normalized spacial score (nSPS) is 21.1. The van der Waals surface area contributed by atoms with Crippen molar-refractivity contribution in [2.24, 2.45) is 0 Å². The zero-order valence-electron chi connectivity index (χ0n) is 9.40. The predicted molar refractivity (Wildman–Crippen MR) is 64.0 cm³/mol. The van der Waals surface area contributed by atoms with Crippen LogP contribution in [0.1, 0.15) is 18.6 Å². The van der Waals surface area contributed by atoms with E-state index in [0.29, 0.717) is 24.1 Å². The second-order valence-corrected chi connectivity index (χ2v) is 4.75. The lowest BCUT2D eigenvalue weighted by molar-refractivity contribution is -0.148. The first-order valence-corrected chi connectivity index (χ1v) is 6.15. The Bertz CT molecular complexity index is 444. The summed E-state index contributed by atoms with van der Waals surface area (Å²) in [6, 6.07) is 3.33. The number of carbonyl (C=O) groups excluding carboxylic acids is 2. The van der Waals surface area contributed by atoms with Crippen molar-refractivity contribution < 1.29 is 14.0 Å². The third-order valence-electron chi connectivity index (χ3n) is 2.80. The zero-order chi connectivity index (χ0) is 12.4. The highest BCUT2D eigenvalue weighted by molar-refractivity contribution is 9.10. The van der Waals surface area contributed by atoms with Crippen LogP contribution >= 0.6 is 15.9 Å². The van der Waals surface area contributed by atoms with Crippen molar-refractivity contribution in [1.29, 1.82) is 0 Å². The van der Waals surface area contributed by atoms with Crippen molar-refractivity contribution in [3.8, 4) is 0 Å². The van der Waals surface area contributed by atoms with Gasteiger partial charge >= 0.3 is 0 Å². The van der Waals surface area contributed by atoms with Crippen LogP contribution < -0.4 is 5.32 Å². The van der Waals surface area contributed by atoms with Crippen LogP contribution in [0.5, 0.6) is 0 Å².